The van der Waals surface area contributed by atoms with Crippen LogP contribution in [0.2, 0.25) is 0 Å². The number of imidazole rings is 1. The van der Waals surface area contributed by atoms with E-state index < -0.39 is 5.97 Å². The Morgan fingerprint density at radius 1 is 1.18 bits per heavy atom. The molecule has 0 saturated carbocycles. The molecule has 174 valence electrons. The molecule has 0 N–H and O–H groups in total. The zero-order valence-corrected chi connectivity index (χ0v) is 19.3. The highest BCUT2D eigenvalue weighted by atomic mass is 32.1. The normalized spacial score (nSPS) is 13.4. The molecule has 0 bridgehead atoms. The molecule has 1 aliphatic heterocycles. The number of esters is 1. The van der Waals surface area contributed by atoms with E-state index in [2.05, 4.69) is 4.98 Å². The van der Waals surface area contributed by atoms with Gasteiger partial charge in [0.05, 0.1) is 7.11 Å². The molecule has 10 heteroatoms. The zero-order chi connectivity index (χ0) is 23.7. The first-order chi connectivity index (χ1) is 16.5. The third-order valence-corrected chi connectivity index (χ3v) is 6.56. The highest BCUT2D eigenvalue weighted by Crippen LogP contribution is 2.25. The number of methoxy groups -OCH3 is 1. The topological polar surface area (TPSA) is 95.1 Å². The fourth-order valence-corrected chi connectivity index (χ4v) is 4.78. The molecule has 4 aromatic rings. The Hall–Kier alpha value is -3.92. The molecule has 0 fully saturated rings. The fraction of sp³-hybridized carbons (Fsp3) is 0.250. The second-order valence-corrected chi connectivity index (χ2v) is 8.65. The second-order valence-electron chi connectivity index (χ2n) is 7.87. The fourth-order valence-electron chi connectivity index (χ4n) is 4.12. The molecule has 0 aromatic carbocycles. The summed E-state index contributed by atoms with van der Waals surface area (Å²) in [5.41, 5.74) is 2.40. The molecular weight excluding hydrogens is 456 g/mol. The molecule has 0 aliphatic carbocycles. The molecule has 0 atom stereocenters. The molecule has 1 aliphatic rings. The van der Waals surface area contributed by atoms with Crippen LogP contribution < -0.4 is 10.3 Å². The van der Waals surface area contributed by atoms with Crippen molar-refractivity contribution in [1.29, 1.82) is 0 Å². The average Bonchev–Trinajstić information content (AvgIpc) is 3.47. The molecule has 9 nitrogen and oxygen atoms in total. The number of aromatic nitrogens is 3. The summed E-state index contributed by atoms with van der Waals surface area (Å²) in [6.07, 6.45) is 3.82. The average molecular weight is 479 g/mol. The van der Waals surface area contributed by atoms with Crippen LogP contribution >= 0.6 is 11.3 Å². The lowest BCUT2D eigenvalue weighted by atomic mass is 10.1. The third-order valence-electron chi connectivity index (χ3n) is 5.83. The molecule has 0 spiro atoms. The van der Waals surface area contributed by atoms with E-state index >= 15 is 0 Å². The number of ether oxygens (including phenoxy) is 2. The van der Waals surface area contributed by atoms with Gasteiger partial charge in [-0.25, -0.2) is 9.78 Å². The lowest BCUT2D eigenvalue weighted by Crippen LogP contribution is -2.34. The largest absolute Gasteiger partial charge is 0.488 e. The molecule has 0 saturated heterocycles. The van der Waals surface area contributed by atoms with Crippen LogP contribution in [0, 0.1) is 0 Å². The van der Waals surface area contributed by atoms with Gasteiger partial charge < -0.3 is 23.3 Å². The van der Waals surface area contributed by atoms with E-state index in [-0.39, 0.29) is 35.9 Å². The van der Waals surface area contributed by atoms with E-state index in [4.69, 9.17) is 9.47 Å². The molecule has 0 unspecified atom stereocenters. The first kappa shape index (κ1) is 21.9. The van der Waals surface area contributed by atoms with E-state index in [1.165, 1.54) is 29.1 Å². The predicted molar refractivity (Wildman–Crippen MR) is 125 cm³/mol. The maximum Gasteiger partial charge on any atom is 0.343 e. The van der Waals surface area contributed by atoms with Crippen molar-refractivity contribution in [2.45, 2.75) is 19.6 Å². The number of pyridine rings is 2. The smallest absolute Gasteiger partial charge is 0.343 e. The quantitative estimate of drug-likeness (QED) is 0.409. The maximum atomic E-state index is 13.2. The number of amides is 1. The van der Waals surface area contributed by atoms with Crippen LogP contribution in [0.1, 0.15) is 32.1 Å². The number of hydrogen-bond acceptors (Lipinski definition) is 7. The summed E-state index contributed by atoms with van der Waals surface area (Å²) in [5.74, 6) is -0.614. The first-order valence-electron chi connectivity index (χ1n) is 10.8. The van der Waals surface area contributed by atoms with E-state index in [0.29, 0.717) is 36.5 Å². The summed E-state index contributed by atoms with van der Waals surface area (Å²) in [6, 6.07) is 8.79. The minimum absolute atomic E-state index is 0.189. The van der Waals surface area contributed by atoms with Gasteiger partial charge in [0.25, 0.3) is 11.5 Å². The van der Waals surface area contributed by atoms with Crippen molar-refractivity contribution in [2.24, 2.45) is 0 Å². The molecule has 4 aromatic heterocycles. The summed E-state index contributed by atoms with van der Waals surface area (Å²) in [6.45, 7) is 1.12. The van der Waals surface area contributed by atoms with Gasteiger partial charge in [-0.1, -0.05) is 6.07 Å². The van der Waals surface area contributed by atoms with Crippen molar-refractivity contribution in [3.05, 3.63) is 86.4 Å². The van der Waals surface area contributed by atoms with Gasteiger partial charge >= 0.3 is 5.97 Å². The monoisotopic (exact) mass is 478 g/mol. The standard InChI is InChI=1S/C24H22N4O5S/c1-32-24(31)22-18-5-8-26(23(30)17-13-27-7-3-2-4-20(27)25-17)9-10-28(18)21(29)12-19(22)33-14-16-6-11-34-15-16/h2-4,6-7,11-13,15H,5,8-10,14H2,1H3. The highest BCUT2D eigenvalue weighted by molar-refractivity contribution is 7.07. The SMILES string of the molecule is COC(=O)c1c(OCc2ccsc2)cc(=O)n2c1CCN(C(=O)c1cn3ccccc3n1)CC2. The molecule has 0 radical (unpaired) electrons. The lowest BCUT2D eigenvalue weighted by molar-refractivity contribution is 0.0592. The molecule has 5 heterocycles. The van der Waals surface area contributed by atoms with E-state index in [1.54, 1.807) is 15.5 Å². The number of nitrogens with zero attached hydrogens (tertiary/aromatic N) is 4. The Bertz CT molecular complexity index is 1390. The number of carbonyl (C=O) groups excluding carboxylic acids is 2. The Kier molecular flexibility index (Phi) is 5.89. The van der Waals surface area contributed by atoms with Crippen molar-refractivity contribution in [2.75, 3.05) is 20.2 Å². The number of rotatable bonds is 5. The van der Waals surface area contributed by atoms with Crippen molar-refractivity contribution >= 4 is 28.9 Å². The van der Waals surface area contributed by atoms with Crippen LogP contribution in [-0.4, -0.2) is 50.9 Å². The minimum atomic E-state index is -0.579. The summed E-state index contributed by atoms with van der Waals surface area (Å²) >= 11 is 1.54. The Morgan fingerprint density at radius 3 is 2.82 bits per heavy atom. The van der Waals surface area contributed by atoms with Crippen molar-refractivity contribution < 1.29 is 19.1 Å². The van der Waals surface area contributed by atoms with E-state index in [0.717, 1.165) is 5.56 Å². The van der Waals surface area contributed by atoms with Crippen LogP contribution in [-0.2, 0) is 24.3 Å². The predicted octanol–water partition coefficient (Wildman–Crippen LogP) is 2.62. The molecule has 5 rings (SSSR count). The van der Waals surface area contributed by atoms with Gasteiger partial charge in [0.1, 0.15) is 29.3 Å². The van der Waals surface area contributed by atoms with Gasteiger partial charge in [-0.3, -0.25) is 9.59 Å². The van der Waals surface area contributed by atoms with Crippen LogP contribution in [0.4, 0.5) is 0 Å². The van der Waals surface area contributed by atoms with Gasteiger partial charge in [0.15, 0.2) is 0 Å². The van der Waals surface area contributed by atoms with Crippen LogP contribution in [0.15, 0.2) is 58.3 Å². The number of hydrogen-bond donors (Lipinski definition) is 0. The Balaban J connectivity index is 1.44. The zero-order valence-electron chi connectivity index (χ0n) is 18.5. The molecule has 34 heavy (non-hydrogen) atoms. The van der Waals surface area contributed by atoms with Crippen LogP contribution in [0.5, 0.6) is 5.75 Å². The van der Waals surface area contributed by atoms with Crippen molar-refractivity contribution in [3.63, 3.8) is 0 Å². The van der Waals surface area contributed by atoms with E-state index in [9.17, 15) is 14.4 Å². The lowest BCUT2D eigenvalue weighted by Gasteiger charge is -2.18. The van der Waals surface area contributed by atoms with Gasteiger partial charge in [-0.2, -0.15) is 11.3 Å². The number of carbonyl (C=O) groups is 2. The summed E-state index contributed by atoms with van der Waals surface area (Å²) < 4.78 is 14.2. The number of thiophene rings is 1. The van der Waals surface area contributed by atoms with Gasteiger partial charge in [0, 0.05) is 50.2 Å². The van der Waals surface area contributed by atoms with Crippen LogP contribution in [0.25, 0.3) is 5.65 Å². The van der Waals surface area contributed by atoms with Crippen molar-refractivity contribution in [1.82, 2.24) is 18.9 Å². The van der Waals surface area contributed by atoms with Crippen LogP contribution in [0.3, 0.4) is 0 Å². The van der Waals surface area contributed by atoms with Gasteiger partial charge in [0.2, 0.25) is 0 Å². The van der Waals surface area contributed by atoms with Gasteiger partial charge in [-0.05, 0) is 34.5 Å². The minimum Gasteiger partial charge on any atom is -0.488 e. The maximum absolute atomic E-state index is 13.2. The third kappa shape index (κ3) is 4.08. The molecule has 1 amide bonds. The summed E-state index contributed by atoms with van der Waals surface area (Å²) in [4.78, 5) is 44.9. The number of fused-ring (bicyclic) bond motifs is 2. The second kappa shape index (κ2) is 9.14. The summed E-state index contributed by atoms with van der Waals surface area (Å²) in [5, 5.41) is 3.87. The van der Waals surface area contributed by atoms with Gasteiger partial charge in [-0.15, -0.1) is 0 Å². The highest BCUT2D eigenvalue weighted by Gasteiger charge is 2.28. The van der Waals surface area contributed by atoms with Crippen molar-refractivity contribution in [3.8, 4) is 5.75 Å². The van der Waals surface area contributed by atoms with E-state index in [1.807, 2.05) is 41.2 Å². The molecular formula is C24H22N4O5S. The Labute approximate surface area is 198 Å². The summed E-state index contributed by atoms with van der Waals surface area (Å²) in [7, 11) is 1.29. The first-order valence-corrected chi connectivity index (χ1v) is 11.7. The Morgan fingerprint density at radius 2 is 2.06 bits per heavy atom.